The van der Waals surface area contributed by atoms with Crippen molar-refractivity contribution in [2.45, 2.75) is 51.0 Å². The largest absolute Gasteiger partial charge is 0.330 e. The summed E-state index contributed by atoms with van der Waals surface area (Å²) < 4.78 is 0. The van der Waals surface area contributed by atoms with Crippen LogP contribution in [0.2, 0.25) is 0 Å². The third-order valence-corrected chi connectivity index (χ3v) is 4.38. The van der Waals surface area contributed by atoms with Gasteiger partial charge in [0.05, 0.1) is 0 Å². The maximum absolute atomic E-state index is 6.01. The zero-order valence-corrected chi connectivity index (χ0v) is 12.2. The molecule has 0 amide bonds. The van der Waals surface area contributed by atoms with Crippen LogP contribution in [0.3, 0.4) is 0 Å². The third kappa shape index (κ3) is 4.05. The molecule has 1 saturated heterocycles. The summed E-state index contributed by atoms with van der Waals surface area (Å²) in [6.07, 6.45) is 6.76. The summed E-state index contributed by atoms with van der Waals surface area (Å²) in [5, 5.41) is 0. The number of nitrogens with two attached hydrogens (primary N) is 1. The molecule has 19 heavy (non-hydrogen) atoms. The minimum Gasteiger partial charge on any atom is -0.330 e. The van der Waals surface area contributed by atoms with E-state index in [1.165, 1.54) is 44.2 Å². The fraction of sp³-hybridized carbons (Fsp3) is 0.647. The first kappa shape index (κ1) is 14.5. The van der Waals surface area contributed by atoms with Crippen molar-refractivity contribution >= 4 is 0 Å². The van der Waals surface area contributed by atoms with Gasteiger partial charge in [0, 0.05) is 25.0 Å². The molecule has 0 aromatic heterocycles. The van der Waals surface area contributed by atoms with Crippen molar-refractivity contribution in [3.8, 4) is 0 Å². The van der Waals surface area contributed by atoms with Crippen LogP contribution in [0.15, 0.2) is 30.3 Å². The maximum atomic E-state index is 6.01. The minimum absolute atomic E-state index is 0.485. The van der Waals surface area contributed by atoms with Crippen molar-refractivity contribution in [2.75, 3.05) is 19.6 Å². The molecule has 106 valence electrons. The second-order valence-electron chi connectivity index (χ2n) is 5.78. The molecule has 0 radical (unpaired) electrons. The average Bonchev–Trinajstić information content (AvgIpc) is 2.47. The monoisotopic (exact) mass is 260 g/mol. The molecule has 2 rings (SSSR count). The van der Waals surface area contributed by atoms with Gasteiger partial charge in [-0.2, -0.15) is 0 Å². The molecule has 0 bridgehead atoms. The van der Waals surface area contributed by atoms with Crippen LogP contribution in [0.5, 0.6) is 0 Å². The minimum atomic E-state index is 0.485. The van der Waals surface area contributed by atoms with Gasteiger partial charge in [0.2, 0.25) is 0 Å². The van der Waals surface area contributed by atoms with E-state index in [9.17, 15) is 0 Å². The van der Waals surface area contributed by atoms with Crippen molar-refractivity contribution < 1.29 is 0 Å². The van der Waals surface area contributed by atoms with Crippen LogP contribution in [0.1, 0.15) is 50.5 Å². The second kappa shape index (κ2) is 7.66. The average molecular weight is 260 g/mol. The number of nitrogens with zero attached hydrogens (tertiary/aromatic N) is 1. The predicted octanol–water partition coefficient (Wildman–Crippen LogP) is 3.38. The SMILES string of the molecule is CCCC1CCCCN1CC(CN)c1ccccc1. The molecule has 1 aromatic rings. The zero-order valence-electron chi connectivity index (χ0n) is 12.2. The number of rotatable bonds is 6. The lowest BCUT2D eigenvalue weighted by molar-refractivity contribution is 0.131. The summed E-state index contributed by atoms with van der Waals surface area (Å²) in [6, 6.07) is 11.6. The van der Waals surface area contributed by atoms with Gasteiger partial charge in [-0.15, -0.1) is 0 Å². The van der Waals surface area contributed by atoms with Gasteiger partial charge in [-0.3, -0.25) is 4.90 Å². The van der Waals surface area contributed by atoms with E-state index in [2.05, 4.69) is 42.2 Å². The molecule has 1 fully saturated rings. The normalized spacial score (nSPS) is 22.3. The highest BCUT2D eigenvalue weighted by atomic mass is 15.2. The number of hydrogen-bond donors (Lipinski definition) is 1. The molecule has 1 aromatic carbocycles. The van der Waals surface area contributed by atoms with E-state index in [1.54, 1.807) is 0 Å². The lowest BCUT2D eigenvalue weighted by atomic mass is 9.93. The molecule has 0 spiro atoms. The van der Waals surface area contributed by atoms with Crippen LogP contribution in [0, 0.1) is 0 Å². The summed E-state index contributed by atoms with van der Waals surface area (Å²) >= 11 is 0. The first-order valence-electron chi connectivity index (χ1n) is 7.84. The Morgan fingerprint density at radius 2 is 2.05 bits per heavy atom. The van der Waals surface area contributed by atoms with Gasteiger partial charge < -0.3 is 5.73 Å². The van der Waals surface area contributed by atoms with Gasteiger partial charge in [0.25, 0.3) is 0 Å². The van der Waals surface area contributed by atoms with E-state index in [1.807, 2.05) is 0 Å². The van der Waals surface area contributed by atoms with Crippen LogP contribution in [-0.4, -0.2) is 30.6 Å². The van der Waals surface area contributed by atoms with Crippen LogP contribution in [0.25, 0.3) is 0 Å². The summed E-state index contributed by atoms with van der Waals surface area (Å²) in [5.74, 6) is 0.485. The Labute approximate surface area is 118 Å². The number of hydrogen-bond acceptors (Lipinski definition) is 2. The van der Waals surface area contributed by atoms with Crippen molar-refractivity contribution in [1.29, 1.82) is 0 Å². The standard InChI is InChI=1S/C17H28N2/c1-2-8-17-11-6-7-12-19(17)14-16(13-18)15-9-4-3-5-10-15/h3-5,9-10,16-17H,2,6-8,11-14,18H2,1H3. The second-order valence-corrected chi connectivity index (χ2v) is 5.78. The smallest absolute Gasteiger partial charge is 0.00954 e. The van der Waals surface area contributed by atoms with Gasteiger partial charge in [-0.25, -0.2) is 0 Å². The van der Waals surface area contributed by atoms with E-state index in [0.717, 1.165) is 19.1 Å². The van der Waals surface area contributed by atoms with Crippen molar-refractivity contribution in [1.82, 2.24) is 4.90 Å². The fourth-order valence-electron chi connectivity index (χ4n) is 3.28. The van der Waals surface area contributed by atoms with Crippen LogP contribution < -0.4 is 5.73 Å². The van der Waals surface area contributed by atoms with Gasteiger partial charge in [0.1, 0.15) is 0 Å². The lowest BCUT2D eigenvalue weighted by Crippen LogP contribution is -2.42. The first-order valence-corrected chi connectivity index (χ1v) is 7.84. The highest BCUT2D eigenvalue weighted by molar-refractivity contribution is 5.20. The Morgan fingerprint density at radius 1 is 1.26 bits per heavy atom. The Kier molecular flexibility index (Phi) is 5.87. The van der Waals surface area contributed by atoms with E-state index < -0.39 is 0 Å². The quantitative estimate of drug-likeness (QED) is 0.849. The predicted molar refractivity (Wildman–Crippen MR) is 82.4 cm³/mol. The zero-order chi connectivity index (χ0) is 13.5. The van der Waals surface area contributed by atoms with Crippen molar-refractivity contribution in [2.24, 2.45) is 5.73 Å². The highest BCUT2D eigenvalue weighted by Gasteiger charge is 2.24. The number of benzene rings is 1. The Hall–Kier alpha value is -0.860. The van der Waals surface area contributed by atoms with Crippen LogP contribution in [0.4, 0.5) is 0 Å². The van der Waals surface area contributed by atoms with Gasteiger partial charge >= 0.3 is 0 Å². The Morgan fingerprint density at radius 3 is 2.74 bits per heavy atom. The molecule has 2 atom stereocenters. The molecule has 2 heteroatoms. The maximum Gasteiger partial charge on any atom is 0.00954 e. The van der Waals surface area contributed by atoms with E-state index in [4.69, 9.17) is 5.73 Å². The summed E-state index contributed by atoms with van der Waals surface area (Å²) in [4.78, 5) is 2.69. The number of likely N-dealkylation sites (tertiary alicyclic amines) is 1. The molecule has 1 heterocycles. The van der Waals surface area contributed by atoms with Gasteiger partial charge in [-0.05, 0) is 31.4 Å². The van der Waals surface area contributed by atoms with Crippen LogP contribution in [-0.2, 0) is 0 Å². The van der Waals surface area contributed by atoms with Crippen molar-refractivity contribution in [3.05, 3.63) is 35.9 Å². The molecule has 0 saturated carbocycles. The summed E-state index contributed by atoms with van der Waals surface area (Å²) in [5.41, 5.74) is 7.41. The molecule has 1 aliphatic heterocycles. The van der Waals surface area contributed by atoms with E-state index in [0.29, 0.717) is 5.92 Å². The van der Waals surface area contributed by atoms with E-state index in [-0.39, 0.29) is 0 Å². The van der Waals surface area contributed by atoms with Gasteiger partial charge in [0.15, 0.2) is 0 Å². The molecule has 2 N–H and O–H groups in total. The molecule has 0 aliphatic carbocycles. The fourth-order valence-corrected chi connectivity index (χ4v) is 3.28. The van der Waals surface area contributed by atoms with Crippen molar-refractivity contribution in [3.63, 3.8) is 0 Å². The topological polar surface area (TPSA) is 29.3 Å². The molecule has 2 nitrogen and oxygen atoms in total. The van der Waals surface area contributed by atoms with Gasteiger partial charge in [-0.1, -0.05) is 50.1 Å². The molecular weight excluding hydrogens is 232 g/mol. The third-order valence-electron chi connectivity index (χ3n) is 4.38. The first-order chi connectivity index (χ1) is 9.35. The number of piperidine rings is 1. The molecule has 2 unspecified atom stereocenters. The highest BCUT2D eigenvalue weighted by Crippen LogP contribution is 2.24. The lowest BCUT2D eigenvalue weighted by Gasteiger charge is -2.38. The summed E-state index contributed by atoms with van der Waals surface area (Å²) in [7, 11) is 0. The van der Waals surface area contributed by atoms with E-state index >= 15 is 0 Å². The van der Waals surface area contributed by atoms with Crippen LogP contribution >= 0.6 is 0 Å². The molecule has 1 aliphatic rings. The Bertz CT molecular complexity index is 348. The molecular formula is C17H28N2. The summed E-state index contributed by atoms with van der Waals surface area (Å²) in [6.45, 7) is 5.43. The Balaban J connectivity index is 2.00.